The third kappa shape index (κ3) is 4.32. The van der Waals surface area contributed by atoms with Crippen LogP contribution in [0.25, 0.3) is 11.3 Å². The summed E-state index contributed by atoms with van der Waals surface area (Å²) < 4.78 is 5.13. The van der Waals surface area contributed by atoms with E-state index in [0.29, 0.717) is 29.2 Å². The van der Waals surface area contributed by atoms with Crippen molar-refractivity contribution in [1.29, 1.82) is 0 Å². The van der Waals surface area contributed by atoms with Crippen molar-refractivity contribution >= 4 is 23.5 Å². The Morgan fingerprint density at radius 2 is 2.13 bits per heavy atom. The van der Waals surface area contributed by atoms with Crippen LogP contribution in [0.4, 0.5) is 0 Å². The Labute approximate surface area is 138 Å². The average Bonchev–Trinajstić information content (AvgIpc) is 3.01. The summed E-state index contributed by atoms with van der Waals surface area (Å²) in [6, 6.07) is 7.50. The highest BCUT2D eigenvalue weighted by Crippen LogP contribution is 2.27. The molecule has 1 heterocycles. The molecular weight excluding hydrogens is 320 g/mol. The number of aliphatic carboxylic acids is 1. The van der Waals surface area contributed by atoms with Crippen LogP contribution in [-0.2, 0) is 4.79 Å². The van der Waals surface area contributed by atoms with Gasteiger partial charge in [0.2, 0.25) is 0 Å². The molecule has 1 atom stereocenters. The topological polar surface area (TPSA) is 92.4 Å². The summed E-state index contributed by atoms with van der Waals surface area (Å²) >= 11 is 6.06. The molecule has 7 heteroatoms. The summed E-state index contributed by atoms with van der Waals surface area (Å²) in [5, 5.41) is 15.8. The fourth-order valence-electron chi connectivity index (χ4n) is 2.07. The molecule has 0 saturated heterocycles. The number of nitrogens with one attached hydrogen (secondary N) is 1. The minimum atomic E-state index is -1.07. The SMILES string of the molecule is CCCCC(NC(=O)c1cc(-c2ccccc2Cl)on1)C(=O)O. The van der Waals surface area contributed by atoms with E-state index in [0.717, 1.165) is 6.42 Å². The number of nitrogens with zero attached hydrogens (tertiary/aromatic N) is 1. The Bertz CT molecular complexity index is 699. The smallest absolute Gasteiger partial charge is 0.326 e. The van der Waals surface area contributed by atoms with Crippen molar-refractivity contribution in [2.75, 3.05) is 0 Å². The monoisotopic (exact) mass is 336 g/mol. The Morgan fingerprint density at radius 1 is 1.39 bits per heavy atom. The van der Waals surface area contributed by atoms with Crippen molar-refractivity contribution in [3.8, 4) is 11.3 Å². The van der Waals surface area contributed by atoms with Gasteiger partial charge in [-0.1, -0.05) is 48.7 Å². The summed E-state index contributed by atoms with van der Waals surface area (Å²) in [4.78, 5) is 23.3. The molecule has 0 aliphatic rings. The zero-order valence-electron chi connectivity index (χ0n) is 12.6. The number of unbranched alkanes of at least 4 members (excludes halogenated alkanes) is 1. The quantitative estimate of drug-likeness (QED) is 0.808. The molecule has 0 bridgehead atoms. The van der Waals surface area contributed by atoms with Gasteiger partial charge in [-0.15, -0.1) is 0 Å². The van der Waals surface area contributed by atoms with E-state index in [2.05, 4.69) is 10.5 Å². The van der Waals surface area contributed by atoms with Crippen LogP contribution < -0.4 is 5.32 Å². The molecule has 1 aromatic heterocycles. The van der Waals surface area contributed by atoms with Gasteiger partial charge < -0.3 is 14.9 Å². The van der Waals surface area contributed by atoms with Crippen LogP contribution in [0.15, 0.2) is 34.9 Å². The summed E-state index contributed by atoms with van der Waals surface area (Å²) in [5.41, 5.74) is 0.629. The molecule has 0 radical (unpaired) electrons. The predicted octanol–water partition coefficient (Wildman–Crippen LogP) is 3.37. The van der Waals surface area contributed by atoms with Crippen molar-refractivity contribution in [1.82, 2.24) is 10.5 Å². The highest BCUT2D eigenvalue weighted by Gasteiger charge is 2.22. The van der Waals surface area contributed by atoms with E-state index < -0.39 is 17.9 Å². The summed E-state index contributed by atoms with van der Waals surface area (Å²) in [5.74, 6) is -1.31. The molecule has 0 fully saturated rings. The molecule has 6 nitrogen and oxygen atoms in total. The Morgan fingerprint density at radius 3 is 2.78 bits per heavy atom. The fourth-order valence-corrected chi connectivity index (χ4v) is 2.30. The molecule has 1 unspecified atom stereocenters. The van der Waals surface area contributed by atoms with Crippen LogP contribution in [-0.4, -0.2) is 28.2 Å². The van der Waals surface area contributed by atoms with Gasteiger partial charge in [-0.05, 0) is 18.6 Å². The van der Waals surface area contributed by atoms with Gasteiger partial charge in [0, 0.05) is 11.6 Å². The van der Waals surface area contributed by atoms with E-state index in [1.807, 2.05) is 6.92 Å². The number of hydrogen-bond acceptors (Lipinski definition) is 4. The van der Waals surface area contributed by atoms with E-state index in [1.54, 1.807) is 24.3 Å². The van der Waals surface area contributed by atoms with Crippen LogP contribution in [0, 0.1) is 0 Å². The van der Waals surface area contributed by atoms with E-state index >= 15 is 0 Å². The number of amides is 1. The first kappa shape index (κ1) is 17.0. The van der Waals surface area contributed by atoms with Crippen LogP contribution in [0.1, 0.15) is 36.7 Å². The lowest BCUT2D eigenvalue weighted by Crippen LogP contribution is -2.40. The van der Waals surface area contributed by atoms with Crippen molar-refractivity contribution in [2.24, 2.45) is 0 Å². The third-order valence-electron chi connectivity index (χ3n) is 3.33. The molecule has 122 valence electrons. The predicted molar refractivity (Wildman–Crippen MR) is 85.4 cm³/mol. The standard InChI is InChI=1S/C16H17ClN2O4/c1-2-3-8-12(16(21)22)18-15(20)13-9-14(23-19-13)10-6-4-5-7-11(10)17/h4-7,9,12H,2-3,8H2,1H3,(H,18,20)(H,21,22). The number of halogens is 1. The normalized spacial score (nSPS) is 11.9. The maximum Gasteiger partial charge on any atom is 0.326 e. The van der Waals surface area contributed by atoms with Crippen molar-refractivity contribution in [3.05, 3.63) is 41.0 Å². The second kappa shape index (κ2) is 7.78. The van der Waals surface area contributed by atoms with Gasteiger partial charge in [0.1, 0.15) is 6.04 Å². The first-order chi connectivity index (χ1) is 11.0. The molecule has 0 aliphatic heterocycles. The second-order valence-corrected chi connectivity index (χ2v) is 5.47. The van der Waals surface area contributed by atoms with Crippen LogP contribution in [0.2, 0.25) is 5.02 Å². The average molecular weight is 337 g/mol. The zero-order chi connectivity index (χ0) is 16.8. The van der Waals surface area contributed by atoms with Crippen LogP contribution in [0.3, 0.4) is 0 Å². The minimum absolute atomic E-state index is 0.0164. The number of aromatic nitrogens is 1. The van der Waals surface area contributed by atoms with Gasteiger partial charge in [0.05, 0.1) is 5.02 Å². The molecular formula is C16H17ClN2O4. The van der Waals surface area contributed by atoms with Gasteiger partial charge in [0.15, 0.2) is 11.5 Å². The van der Waals surface area contributed by atoms with Crippen LogP contribution in [0.5, 0.6) is 0 Å². The highest BCUT2D eigenvalue weighted by molar-refractivity contribution is 6.33. The zero-order valence-corrected chi connectivity index (χ0v) is 13.3. The van der Waals surface area contributed by atoms with E-state index in [-0.39, 0.29) is 5.69 Å². The maximum absolute atomic E-state index is 12.1. The number of rotatable bonds is 7. The van der Waals surface area contributed by atoms with Gasteiger partial charge >= 0.3 is 5.97 Å². The van der Waals surface area contributed by atoms with Crippen molar-refractivity contribution < 1.29 is 19.2 Å². The number of carboxylic acid groups (broad SMARTS) is 1. The van der Waals surface area contributed by atoms with E-state index in [1.165, 1.54) is 6.07 Å². The minimum Gasteiger partial charge on any atom is -0.480 e. The van der Waals surface area contributed by atoms with Crippen molar-refractivity contribution in [2.45, 2.75) is 32.2 Å². The Kier molecular flexibility index (Phi) is 5.76. The highest BCUT2D eigenvalue weighted by atomic mass is 35.5. The van der Waals surface area contributed by atoms with Gasteiger partial charge in [0.25, 0.3) is 5.91 Å². The molecule has 23 heavy (non-hydrogen) atoms. The molecule has 2 N–H and O–H groups in total. The lowest BCUT2D eigenvalue weighted by atomic mass is 10.1. The van der Waals surface area contributed by atoms with E-state index in [9.17, 15) is 9.59 Å². The summed E-state index contributed by atoms with van der Waals surface area (Å²) in [7, 11) is 0. The lowest BCUT2D eigenvalue weighted by Gasteiger charge is -2.12. The number of hydrogen-bond donors (Lipinski definition) is 2. The van der Waals surface area contributed by atoms with Gasteiger partial charge in [-0.25, -0.2) is 4.79 Å². The second-order valence-electron chi connectivity index (χ2n) is 5.06. The summed E-state index contributed by atoms with van der Waals surface area (Å²) in [6.07, 6.45) is 1.92. The van der Waals surface area contributed by atoms with Crippen LogP contribution >= 0.6 is 11.6 Å². The number of carbonyl (C=O) groups excluding carboxylic acids is 1. The van der Waals surface area contributed by atoms with E-state index in [4.69, 9.17) is 21.2 Å². The lowest BCUT2D eigenvalue weighted by molar-refractivity contribution is -0.139. The molecule has 1 aromatic carbocycles. The molecule has 2 aromatic rings. The van der Waals surface area contributed by atoms with Gasteiger partial charge in [-0.3, -0.25) is 4.79 Å². The molecule has 2 rings (SSSR count). The molecule has 0 aliphatic carbocycles. The first-order valence-corrected chi connectivity index (χ1v) is 7.66. The number of carbonyl (C=O) groups is 2. The summed E-state index contributed by atoms with van der Waals surface area (Å²) in [6.45, 7) is 1.95. The third-order valence-corrected chi connectivity index (χ3v) is 3.66. The first-order valence-electron chi connectivity index (χ1n) is 7.28. The molecule has 0 saturated carbocycles. The Hall–Kier alpha value is -2.34. The maximum atomic E-state index is 12.1. The molecule has 0 spiro atoms. The fraction of sp³-hybridized carbons (Fsp3) is 0.312. The molecule has 1 amide bonds. The van der Waals surface area contributed by atoms with Gasteiger partial charge in [-0.2, -0.15) is 0 Å². The number of carboxylic acids is 1. The Balaban J connectivity index is 2.12. The number of benzene rings is 1. The van der Waals surface area contributed by atoms with Crippen molar-refractivity contribution in [3.63, 3.8) is 0 Å². The largest absolute Gasteiger partial charge is 0.480 e.